The molecule has 54 heavy (non-hydrogen) atoms. The van der Waals surface area contributed by atoms with Crippen LogP contribution in [0.4, 0.5) is 18.9 Å². The van der Waals surface area contributed by atoms with Crippen molar-refractivity contribution in [2.24, 2.45) is 5.41 Å². The van der Waals surface area contributed by atoms with Gasteiger partial charge in [0.15, 0.2) is 6.10 Å². The number of hydrogen-bond acceptors (Lipinski definition) is 12. The maximum Gasteiger partial charge on any atom is 0.417 e. The number of pyridine rings is 2. The molecule has 2 aliphatic heterocycles. The van der Waals surface area contributed by atoms with Gasteiger partial charge in [-0.05, 0) is 67.4 Å². The van der Waals surface area contributed by atoms with E-state index in [0.29, 0.717) is 46.1 Å². The molecule has 0 radical (unpaired) electrons. The highest BCUT2D eigenvalue weighted by Gasteiger charge is 2.49. The first-order valence-corrected chi connectivity index (χ1v) is 17.8. The number of alkyl halides is 3. The number of piperidine rings is 1. The Bertz CT molecular complexity index is 2180. The number of hydrogen-bond donors (Lipinski definition) is 4. The topological polar surface area (TPSA) is 189 Å². The number of carbonyl (C=O) groups excluding carboxylic acids is 1. The molecule has 4 N–H and O–H groups in total. The third-order valence-corrected chi connectivity index (χ3v) is 11.1. The summed E-state index contributed by atoms with van der Waals surface area (Å²) in [6, 6.07) is 4.84. The lowest BCUT2D eigenvalue weighted by Gasteiger charge is -2.47. The number of rotatable bonds is 7. The Hall–Kier alpha value is -4.32. The number of anilines is 1. The second-order valence-corrected chi connectivity index (χ2v) is 14.9. The molecule has 284 valence electrons. The minimum atomic E-state index is -4.92. The number of esters is 1. The number of fused-ring (bicyclic) bond motifs is 1. The molecule has 0 amide bonds. The first kappa shape index (κ1) is 36.6. The minimum Gasteiger partial charge on any atom is -0.479 e. The van der Waals surface area contributed by atoms with Crippen LogP contribution in [0.5, 0.6) is 0 Å². The SMILES string of the molecule is O=C(O[C@@H]1OC(C(=O)O)C(O)C(O)C1O)c1cc(C(F)(F)F)c2cc(N3CCC4(C=C(c5c(-c6c(Cl)cncc6Cl)noc5C5CC5)C4)CC3)ccc2n1. The molecule has 18 heteroatoms. The highest BCUT2D eigenvalue weighted by atomic mass is 35.5. The van der Waals surface area contributed by atoms with Crippen LogP contribution in [-0.2, 0) is 20.4 Å². The second-order valence-electron chi connectivity index (χ2n) is 14.1. The predicted octanol–water partition coefficient (Wildman–Crippen LogP) is 5.61. The van der Waals surface area contributed by atoms with Gasteiger partial charge in [-0.25, -0.2) is 14.6 Å². The highest BCUT2D eigenvalue weighted by Crippen LogP contribution is 2.56. The molecule has 3 fully saturated rings. The predicted molar refractivity (Wildman–Crippen MR) is 185 cm³/mol. The number of ether oxygens (including phenoxy) is 2. The zero-order chi connectivity index (χ0) is 38.3. The van der Waals surface area contributed by atoms with Crippen LogP contribution < -0.4 is 4.90 Å². The molecule has 4 aromatic rings. The van der Waals surface area contributed by atoms with Crippen molar-refractivity contribution in [3.05, 3.63) is 75.4 Å². The number of aliphatic hydroxyl groups excluding tert-OH is 3. The number of aliphatic carboxylic acids is 1. The third kappa shape index (κ3) is 6.47. The molecule has 2 aliphatic carbocycles. The number of allylic oxidation sites excluding steroid dienone is 2. The lowest BCUT2D eigenvalue weighted by atomic mass is 9.63. The van der Waals surface area contributed by atoms with Crippen LogP contribution in [0.15, 0.2) is 47.3 Å². The smallest absolute Gasteiger partial charge is 0.417 e. The summed E-state index contributed by atoms with van der Waals surface area (Å²) < 4.78 is 59.0. The number of nitrogens with zero attached hydrogens (tertiary/aromatic N) is 4. The molecule has 3 aromatic heterocycles. The number of aliphatic hydroxyl groups is 3. The van der Waals surface area contributed by atoms with E-state index in [1.807, 2.05) is 4.90 Å². The Balaban J connectivity index is 1.01. The van der Waals surface area contributed by atoms with E-state index in [9.17, 15) is 43.2 Å². The summed E-state index contributed by atoms with van der Waals surface area (Å²) in [5, 5.41) is 44.2. The molecular weight excluding hydrogens is 760 g/mol. The van der Waals surface area contributed by atoms with E-state index in [4.69, 9.17) is 37.2 Å². The van der Waals surface area contributed by atoms with Gasteiger partial charge in [0.1, 0.15) is 35.5 Å². The van der Waals surface area contributed by atoms with Crippen LogP contribution in [0.3, 0.4) is 0 Å². The fraction of sp³-hybridized carbons (Fsp3) is 0.417. The molecule has 13 nitrogen and oxygen atoms in total. The summed E-state index contributed by atoms with van der Waals surface area (Å²) in [5.41, 5.74) is 1.42. The molecule has 1 saturated carbocycles. The van der Waals surface area contributed by atoms with Crippen LogP contribution in [0.2, 0.25) is 10.0 Å². The average molecular weight is 792 g/mol. The van der Waals surface area contributed by atoms with E-state index in [1.54, 1.807) is 6.07 Å². The second kappa shape index (κ2) is 13.5. The number of carboxylic acid groups (broad SMARTS) is 1. The molecule has 1 spiro atoms. The Morgan fingerprint density at radius 2 is 1.67 bits per heavy atom. The summed E-state index contributed by atoms with van der Waals surface area (Å²) in [6.07, 6.45) is -5.87. The van der Waals surface area contributed by atoms with Crippen LogP contribution in [0.25, 0.3) is 27.7 Å². The van der Waals surface area contributed by atoms with E-state index < -0.39 is 60.1 Å². The third-order valence-electron chi connectivity index (χ3n) is 10.6. The number of halogens is 5. The van der Waals surface area contributed by atoms with Crippen molar-refractivity contribution >= 4 is 57.3 Å². The zero-order valence-electron chi connectivity index (χ0n) is 28.0. The van der Waals surface area contributed by atoms with Gasteiger partial charge in [0.05, 0.1) is 21.1 Å². The fourth-order valence-electron chi connectivity index (χ4n) is 7.52. The molecule has 8 rings (SSSR count). The zero-order valence-corrected chi connectivity index (χ0v) is 29.5. The quantitative estimate of drug-likeness (QED) is 0.169. The Labute approximate surface area is 313 Å². The van der Waals surface area contributed by atoms with Crippen molar-refractivity contribution in [2.45, 2.75) is 74.9 Å². The lowest BCUT2D eigenvalue weighted by Crippen LogP contribution is -2.60. The average Bonchev–Trinajstić information content (AvgIpc) is 3.88. The van der Waals surface area contributed by atoms with Crippen molar-refractivity contribution in [1.82, 2.24) is 15.1 Å². The number of benzene rings is 1. The molecule has 4 aliphatic rings. The van der Waals surface area contributed by atoms with Gasteiger partial charge in [0, 0.05) is 53.6 Å². The van der Waals surface area contributed by atoms with Gasteiger partial charge in [0.25, 0.3) is 0 Å². The van der Waals surface area contributed by atoms with E-state index in [-0.39, 0.29) is 22.2 Å². The highest BCUT2D eigenvalue weighted by molar-refractivity contribution is 6.39. The Morgan fingerprint density at radius 3 is 2.30 bits per heavy atom. The first-order valence-electron chi connectivity index (χ1n) is 17.1. The van der Waals surface area contributed by atoms with Gasteiger partial charge in [-0.2, -0.15) is 13.2 Å². The van der Waals surface area contributed by atoms with Crippen LogP contribution in [0.1, 0.15) is 65.4 Å². The molecule has 5 heterocycles. The van der Waals surface area contributed by atoms with E-state index >= 15 is 0 Å². The fourth-order valence-corrected chi connectivity index (χ4v) is 8.07. The molecule has 2 saturated heterocycles. The standard InChI is InChI=1S/C36H31Cl2F3N4O9/c37-20-13-42-14-21(38)25(20)26-24(30(54-44-26)15-1-2-15)16-11-35(12-16)5-7-45(8-6-35)17-3-4-22-18(9-17)19(36(39,40)41)10-23(43-22)33(51)53-34-29(48)27(46)28(47)31(52-34)32(49)50/h3-4,9-11,13-15,27-29,31,34,46-48H,1-2,5-8,12H2,(H,49,50)/t27?,28?,29?,31?,34-/m0/s1. The van der Waals surface area contributed by atoms with E-state index in [2.05, 4.69) is 21.2 Å². The summed E-state index contributed by atoms with van der Waals surface area (Å²) >= 11 is 13.0. The maximum absolute atomic E-state index is 14.4. The number of aromatic nitrogens is 3. The number of carbonyl (C=O) groups is 2. The van der Waals surface area contributed by atoms with Crippen LogP contribution in [-0.4, -0.2) is 91.3 Å². The van der Waals surface area contributed by atoms with Crippen molar-refractivity contribution in [3.63, 3.8) is 0 Å². The molecule has 5 atom stereocenters. The van der Waals surface area contributed by atoms with Crippen molar-refractivity contribution in [1.29, 1.82) is 0 Å². The molecule has 0 bridgehead atoms. The van der Waals surface area contributed by atoms with Gasteiger partial charge < -0.3 is 39.3 Å². The van der Waals surface area contributed by atoms with Gasteiger partial charge in [-0.1, -0.05) is 34.4 Å². The largest absolute Gasteiger partial charge is 0.479 e. The summed E-state index contributed by atoms with van der Waals surface area (Å²) in [4.78, 5) is 34.5. The van der Waals surface area contributed by atoms with Crippen LogP contribution >= 0.6 is 23.2 Å². The Morgan fingerprint density at radius 1 is 0.981 bits per heavy atom. The molecular formula is C36H31Cl2F3N4O9. The Kier molecular flexibility index (Phi) is 9.13. The van der Waals surface area contributed by atoms with Crippen molar-refractivity contribution in [2.75, 3.05) is 18.0 Å². The van der Waals surface area contributed by atoms with E-state index in [1.165, 1.54) is 24.5 Å². The summed E-state index contributed by atoms with van der Waals surface area (Å²) in [7, 11) is 0. The summed E-state index contributed by atoms with van der Waals surface area (Å²) in [5.74, 6) is -2.11. The normalized spacial score (nSPS) is 25.4. The first-order chi connectivity index (χ1) is 25.6. The van der Waals surface area contributed by atoms with Gasteiger partial charge >= 0.3 is 18.1 Å². The van der Waals surface area contributed by atoms with E-state index in [0.717, 1.165) is 49.0 Å². The molecule has 4 unspecified atom stereocenters. The van der Waals surface area contributed by atoms with Crippen molar-refractivity contribution in [3.8, 4) is 11.3 Å². The van der Waals surface area contributed by atoms with Gasteiger partial charge in [-0.15, -0.1) is 0 Å². The van der Waals surface area contributed by atoms with Crippen molar-refractivity contribution < 1.29 is 57.2 Å². The number of carboxylic acids is 1. The van der Waals surface area contributed by atoms with Gasteiger partial charge in [0.2, 0.25) is 6.29 Å². The van der Waals surface area contributed by atoms with Gasteiger partial charge in [-0.3, -0.25) is 4.98 Å². The molecule has 1 aromatic carbocycles. The monoisotopic (exact) mass is 790 g/mol. The van der Waals surface area contributed by atoms with Crippen LogP contribution in [0, 0.1) is 5.41 Å². The minimum absolute atomic E-state index is 0.119. The summed E-state index contributed by atoms with van der Waals surface area (Å²) in [6.45, 7) is 1.12. The maximum atomic E-state index is 14.4. The lowest BCUT2D eigenvalue weighted by molar-refractivity contribution is -0.278.